The van der Waals surface area contributed by atoms with E-state index in [4.69, 9.17) is 16.0 Å². The zero-order valence-corrected chi connectivity index (χ0v) is 11.0. The molecule has 20 heavy (non-hydrogen) atoms. The number of carbonyl (C=O) groups excluding carboxylic acids is 1. The van der Waals surface area contributed by atoms with Crippen LogP contribution in [0.1, 0.15) is 16.2 Å². The first-order valence-electron chi connectivity index (χ1n) is 5.93. The summed E-state index contributed by atoms with van der Waals surface area (Å²) in [6.45, 7) is 0. The number of carbonyl (C=O) groups is 1. The van der Waals surface area contributed by atoms with E-state index in [1.54, 1.807) is 24.3 Å². The number of ketones is 1. The molecule has 0 N–H and O–H groups in total. The first kappa shape index (κ1) is 12.6. The quantitative estimate of drug-likeness (QED) is 0.689. The normalized spacial score (nSPS) is 10.4. The fraction of sp³-hybridized carbons (Fsp3) is 0. The summed E-state index contributed by atoms with van der Waals surface area (Å²) in [4.78, 5) is 12.2. The third-order valence-corrected chi connectivity index (χ3v) is 3.00. The van der Waals surface area contributed by atoms with E-state index in [2.05, 4.69) is 10.2 Å². The lowest BCUT2D eigenvalue weighted by atomic mass is 10.1. The van der Waals surface area contributed by atoms with Gasteiger partial charge in [0.1, 0.15) is 0 Å². The molecule has 0 atom stereocenters. The fourth-order valence-corrected chi connectivity index (χ4v) is 1.86. The van der Waals surface area contributed by atoms with Gasteiger partial charge in [-0.2, -0.15) is 0 Å². The Bertz CT molecular complexity index is 736. The van der Waals surface area contributed by atoms with Crippen LogP contribution in [0.2, 0.25) is 5.02 Å². The lowest BCUT2D eigenvalue weighted by molar-refractivity contribution is 0.100. The third kappa shape index (κ3) is 2.46. The summed E-state index contributed by atoms with van der Waals surface area (Å²) in [5.41, 5.74) is 1.23. The minimum atomic E-state index is -0.323. The zero-order valence-electron chi connectivity index (χ0n) is 10.3. The molecule has 5 heteroatoms. The maximum atomic E-state index is 12.2. The molecule has 0 aliphatic rings. The average molecular weight is 285 g/mol. The van der Waals surface area contributed by atoms with E-state index >= 15 is 0 Å². The van der Waals surface area contributed by atoms with Gasteiger partial charge in [0, 0.05) is 16.1 Å². The molecule has 0 amide bonds. The van der Waals surface area contributed by atoms with Gasteiger partial charge in [0.25, 0.3) is 5.89 Å². The van der Waals surface area contributed by atoms with Gasteiger partial charge in [-0.15, -0.1) is 10.2 Å². The molecule has 0 bridgehead atoms. The van der Waals surface area contributed by atoms with Crippen LogP contribution in [0, 0.1) is 0 Å². The second-order valence-corrected chi connectivity index (χ2v) is 4.55. The molecule has 0 aliphatic carbocycles. The number of benzene rings is 2. The number of halogens is 1. The van der Waals surface area contributed by atoms with E-state index in [-0.39, 0.29) is 11.7 Å². The molecular formula is C15H9ClN2O2. The summed E-state index contributed by atoms with van der Waals surface area (Å²) < 4.78 is 5.41. The van der Waals surface area contributed by atoms with Crippen molar-refractivity contribution < 1.29 is 9.21 Å². The molecule has 3 rings (SSSR count). The predicted molar refractivity (Wildman–Crippen MR) is 74.6 cm³/mol. The van der Waals surface area contributed by atoms with E-state index in [9.17, 15) is 4.79 Å². The van der Waals surface area contributed by atoms with Crippen LogP contribution in [0.3, 0.4) is 0 Å². The Morgan fingerprint density at radius 1 is 0.950 bits per heavy atom. The fourth-order valence-electron chi connectivity index (χ4n) is 1.74. The molecule has 0 fully saturated rings. The first-order chi connectivity index (χ1) is 9.74. The molecule has 2 aromatic carbocycles. The largest absolute Gasteiger partial charge is 0.413 e. The van der Waals surface area contributed by atoms with E-state index in [0.29, 0.717) is 16.5 Å². The van der Waals surface area contributed by atoms with Gasteiger partial charge >= 0.3 is 0 Å². The molecule has 0 unspecified atom stereocenters. The van der Waals surface area contributed by atoms with Crippen LogP contribution in [0.15, 0.2) is 59.0 Å². The van der Waals surface area contributed by atoms with Gasteiger partial charge in [-0.25, -0.2) is 0 Å². The van der Waals surface area contributed by atoms with Crippen LogP contribution in [-0.2, 0) is 0 Å². The highest BCUT2D eigenvalue weighted by Crippen LogP contribution is 2.19. The van der Waals surface area contributed by atoms with Crippen molar-refractivity contribution in [3.63, 3.8) is 0 Å². The number of rotatable bonds is 3. The summed E-state index contributed by atoms with van der Waals surface area (Å²) >= 11 is 5.78. The Hall–Kier alpha value is -2.46. The van der Waals surface area contributed by atoms with Crippen molar-refractivity contribution in [1.82, 2.24) is 10.2 Å². The Morgan fingerprint density at radius 2 is 1.65 bits per heavy atom. The van der Waals surface area contributed by atoms with Crippen molar-refractivity contribution in [2.45, 2.75) is 0 Å². The Morgan fingerprint density at radius 3 is 2.35 bits per heavy atom. The summed E-state index contributed by atoms with van der Waals surface area (Å²) in [6.07, 6.45) is 0. The number of nitrogens with zero attached hydrogens (tertiary/aromatic N) is 2. The monoisotopic (exact) mass is 284 g/mol. The molecular weight excluding hydrogens is 276 g/mol. The maximum Gasteiger partial charge on any atom is 0.289 e. The van der Waals surface area contributed by atoms with Gasteiger partial charge in [0.15, 0.2) is 0 Å². The standard InChI is InChI=1S/C15H9ClN2O2/c16-12-8-6-10(7-9-12)13(19)15-18-17-14(20-15)11-4-2-1-3-5-11/h1-9H. The molecule has 1 heterocycles. The van der Waals surface area contributed by atoms with E-state index in [1.165, 1.54) is 0 Å². The SMILES string of the molecule is O=C(c1ccc(Cl)cc1)c1nnc(-c2ccccc2)o1. The van der Waals surface area contributed by atoms with E-state index in [0.717, 1.165) is 5.56 Å². The zero-order chi connectivity index (χ0) is 13.9. The van der Waals surface area contributed by atoms with Gasteiger partial charge in [-0.1, -0.05) is 29.8 Å². The second kappa shape index (κ2) is 5.27. The van der Waals surface area contributed by atoms with Crippen molar-refractivity contribution in [2.24, 2.45) is 0 Å². The van der Waals surface area contributed by atoms with Gasteiger partial charge in [0.2, 0.25) is 11.7 Å². The highest BCUT2D eigenvalue weighted by Gasteiger charge is 2.17. The molecule has 3 aromatic rings. The smallest absolute Gasteiger partial charge is 0.289 e. The summed E-state index contributed by atoms with van der Waals surface area (Å²) in [7, 11) is 0. The molecule has 0 aliphatic heterocycles. The van der Waals surface area contributed by atoms with Gasteiger partial charge in [-0.3, -0.25) is 4.79 Å². The van der Waals surface area contributed by atoms with E-state index < -0.39 is 0 Å². The Kier molecular flexibility index (Phi) is 3.31. The molecule has 98 valence electrons. The van der Waals surface area contributed by atoms with Crippen molar-refractivity contribution in [2.75, 3.05) is 0 Å². The van der Waals surface area contributed by atoms with Crippen LogP contribution < -0.4 is 0 Å². The van der Waals surface area contributed by atoms with Gasteiger partial charge < -0.3 is 4.42 Å². The lowest BCUT2D eigenvalue weighted by Gasteiger charge is -1.96. The van der Waals surface area contributed by atoms with Crippen molar-refractivity contribution >= 4 is 17.4 Å². The number of hydrogen-bond donors (Lipinski definition) is 0. The second-order valence-electron chi connectivity index (χ2n) is 4.11. The average Bonchev–Trinajstić information content (AvgIpc) is 2.98. The van der Waals surface area contributed by atoms with Crippen molar-refractivity contribution in [3.05, 3.63) is 71.1 Å². The molecule has 1 aromatic heterocycles. The van der Waals surface area contributed by atoms with E-state index in [1.807, 2.05) is 30.3 Å². The minimum absolute atomic E-state index is 0.0359. The van der Waals surface area contributed by atoms with Gasteiger partial charge in [0.05, 0.1) is 0 Å². The van der Waals surface area contributed by atoms with Crippen LogP contribution in [-0.4, -0.2) is 16.0 Å². The topological polar surface area (TPSA) is 56.0 Å². The van der Waals surface area contributed by atoms with Crippen LogP contribution in [0.5, 0.6) is 0 Å². The maximum absolute atomic E-state index is 12.2. The van der Waals surface area contributed by atoms with Crippen molar-refractivity contribution in [1.29, 1.82) is 0 Å². The lowest BCUT2D eigenvalue weighted by Crippen LogP contribution is -2.01. The van der Waals surface area contributed by atoms with Gasteiger partial charge in [-0.05, 0) is 36.4 Å². The third-order valence-electron chi connectivity index (χ3n) is 2.75. The summed E-state index contributed by atoms with van der Waals surface area (Å²) in [5.74, 6) is -0.0366. The highest BCUT2D eigenvalue weighted by molar-refractivity contribution is 6.30. The summed E-state index contributed by atoms with van der Waals surface area (Å²) in [5, 5.41) is 8.25. The molecule has 0 radical (unpaired) electrons. The van der Waals surface area contributed by atoms with Crippen LogP contribution in [0.25, 0.3) is 11.5 Å². The molecule has 4 nitrogen and oxygen atoms in total. The Balaban J connectivity index is 1.90. The van der Waals surface area contributed by atoms with Crippen molar-refractivity contribution in [3.8, 4) is 11.5 Å². The van der Waals surface area contributed by atoms with Crippen LogP contribution in [0.4, 0.5) is 0 Å². The number of aromatic nitrogens is 2. The van der Waals surface area contributed by atoms with Crippen LogP contribution >= 0.6 is 11.6 Å². The predicted octanol–water partition coefficient (Wildman–Crippen LogP) is 3.62. The summed E-state index contributed by atoms with van der Waals surface area (Å²) in [6, 6.07) is 15.8. The molecule has 0 spiro atoms. The number of hydrogen-bond acceptors (Lipinski definition) is 4. The highest BCUT2D eigenvalue weighted by atomic mass is 35.5. The first-order valence-corrected chi connectivity index (χ1v) is 6.31. The Labute approximate surface area is 120 Å². The molecule has 0 saturated heterocycles. The minimum Gasteiger partial charge on any atom is -0.413 e. The molecule has 0 saturated carbocycles.